The van der Waals surface area contributed by atoms with Crippen molar-refractivity contribution in [3.63, 3.8) is 0 Å². The molecule has 2 aromatic rings. The highest BCUT2D eigenvalue weighted by Crippen LogP contribution is 2.22. The lowest BCUT2D eigenvalue weighted by molar-refractivity contribution is 0.990. The first-order valence-corrected chi connectivity index (χ1v) is 4.79. The van der Waals surface area contributed by atoms with Crippen LogP contribution < -0.4 is 5.56 Å². The van der Waals surface area contributed by atoms with Crippen LogP contribution in [0.4, 0.5) is 0 Å². The maximum atomic E-state index is 11.1. The fourth-order valence-electron chi connectivity index (χ4n) is 1.57. The minimum atomic E-state index is -0.173. The number of hydrogen-bond acceptors (Lipinski definition) is 2. The number of rotatable bonds is 1. The van der Waals surface area contributed by atoms with E-state index in [-0.39, 0.29) is 5.56 Å². The number of aromatic nitrogens is 2. The number of aromatic amines is 1. The Bertz CT molecular complexity index is 543. The lowest BCUT2D eigenvalue weighted by Gasteiger charge is -2.05. The zero-order chi connectivity index (χ0) is 10.8. The van der Waals surface area contributed by atoms with Crippen LogP contribution in [-0.4, -0.2) is 10.2 Å². The fraction of sp³-hybridized carbons (Fsp3) is 0.167. The molecule has 0 aliphatic heterocycles. The first-order valence-electron chi connectivity index (χ1n) is 4.79. The normalized spacial score (nSPS) is 10.3. The Labute approximate surface area is 87.8 Å². The minimum Gasteiger partial charge on any atom is -0.268 e. The Balaban J connectivity index is 2.63. The molecule has 3 nitrogen and oxygen atoms in total. The quantitative estimate of drug-likeness (QED) is 0.765. The Morgan fingerprint density at radius 3 is 2.73 bits per heavy atom. The Kier molecular flexibility index (Phi) is 2.37. The molecule has 0 fully saturated rings. The molecular formula is C12H12N2O. The molecule has 0 saturated heterocycles. The SMILES string of the molecule is Cc1ccc(C)c(-c2cn[nH]c(=O)c2)c1. The van der Waals surface area contributed by atoms with Crippen molar-refractivity contribution in [1.29, 1.82) is 0 Å². The number of aryl methyl sites for hydroxylation is 2. The van der Waals surface area contributed by atoms with E-state index in [0.29, 0.717) is 0 Å². The van der Waals surface area contributed by atoms with Gasteiger partial charge >= 0.3 is 0 Å². The number of nitrogens with one attached hydrogen (secondary N) is 1. The maximum Gasteiger partial charge on any atom is 0.264 e. The summed E-state index contributed by atoms with van der Waals surface area (Å²) in [6, 6.07) is 7.73. The van der Waals surface area contributed by atoms with Crippen LogP contribution in [0.15, 0.2) is 35.3 Å². The van der Waals surface area contributed by atoms with Crippen molar-refractivity contribution in [2.45, 2.75) is 13.8 Å². The van der Waals surface area contributed by atoms with Gasteiger partial charge in [0.15, 0.2) is 0 Å². The number of nitrogens with zero attached hydrogens (tertiary/aromatic N) is 1. The molecule has 1 heterocycles. The van der Waals surface area contributed by atoms with Gasteiger partial charge in [-0.3, -0.25) is 4.79 Å². The molecule has 1 aromatic carbocycles. The first-order chi connectivity index (χ1) is 7.16. The van der Waals surface area contributed by atoms with E-state index in [1.54, 1.807) is 12.3 Å². The van der Waals surface area contributed by atoms with Gasteiger partial charge in [-0.1, -0.05) is 23.8 Å². The largest absolute Gasteiger partial charge is 0.268 e. The summed E-state index contributed by atoms with van der Waals surface area (Å²) in [7, 11) is 0. The third-order valence-corrected chi connectivity index (χ3v) is 2.37. The molecule has 1 N–H and O–H groups in total. The molecule has 0 amide bonds. The predicted octanol–water partition coefficient (Wildman–Crippen LogP) is 2.05. The molecule has 1 aromatic heterocycles. The summed E-state index contributed by atoms with van der Waals surface area (Å²) in [5.41, 5.74) is 4.07. The lowest BCUT2D eigenvalue weighted by atomic mass is 10.0. The molecule has 76 valence electrons. The van der Waals surface area contributed by atoms with Gasteiger partial charge in [-0.05, 0) is 25.0 Å². The Hall–Kier alpha value is -1.90. The molecule has 0 aliphatic rings. The Morgan fingerprint density at radius 1 is 1.20 bits per heavy atom. The maximum absolute atomic E-state index is 11.1. The predicted molar refractivity (Wildman–Crippen MR) is 59.8 cm³/mol. The van der Waals surface area contributed by atoms with Crippen molar-refractivity contribution in [2.24, 2.45) is 0 Å². The number of H-pyrrole nitrogens is 1. The van der Waals surface area contributed by atoms with Crippen molar-refractivity contribution < 1.29 is 0 Å². The monoisotopic (exact) mass is 200 g/mol. The van der Waals surface area contributed by atoms with Crippen LogP contribution in [0.25, 0.3) is 11.1 Å². The van der Waals surface area contributed by atoms with E-state index >= 15 is 0 Å². The number of hydrogen-bond donors (Lipinski definition) is 1. The van der Waals surface area contributed by atoms with Gasteiger partial charge in [-0.2, -0.15) is 5.10 Å². The van der Waals surface area contributed by atoms with E-state index in [0.717, 1.165) is 16.7 Å². The van der Waals surface area contributed by atoms with Crippen molar-refractivity contribution in [3.05, 3.63) is 51.9 Å². The minimum absolute atomic E-state index is 0.173. The summed E-state index contributed by atoms with van der Waals surface area (Å²) in [4.78, 5) is 11.1. The molecule has 0 aliphatic carbocycles. The van der Waals surface area contributed by atoms with Gasteiger partial charge in [0.1, 0.15) is 0 Å². The topological polar surface area (TPSA) is 45.8 Å². The van der Waals surface area contributed by atoms with Crippen LogP contribution in [0.1, 0.15) is 11.1 Å². The van der Waals surface area contributed by atoms with Crippen LogP contribution in [0.3, 0.4) is 0 Å². The van der Waals surface area contributed by atoms with E-state index in [1.165, 1.54) is 5.56 Å². The highest BCUT2D eigenvalue weighted by Gasteiger charge is 2.02. The van der Waals surface area contributed by atoms with Crippen LogP contribution >= 0.6 is 0 Å². The van der Waals surface area contributed by atoms with E-state index in [9.17, 15) is 4.79 Å². The Morgan fingerprint density at radius 2 is 2.00 bits per heavy atom. The molecular weight excluding hydrogens is 188 g/mol. The van der Waals surface area contributed by atoms with Crippen molar-refractivity contribution in [2.75, 3.05) is 0 Å². The van der Waals surface area contributed by atoms with E-state index in [2.05, 4.69) is 22.3 Å². The second-order valence-electron chi connectivity index (χ2n) is 3.65. The zero-order valence-corrected chi connectivity index (χ0v) is 8.74. The molecule has 2 rings (SSSR count). The van der Waals surface area contributed by atoms with Gasteiger partial charge in [-0.15, -0.1) is 0 Å². The van der Waals surface area contributed by atoms with Crippen molar-refractivity contribution in [1.82, 2.24) is 10.2 Å². The fourth-order valence-corrected chi connectivity index (χ4v) is 1.57. The summed E-state index contributed by atoms with van der Waals surface area (Å²) in [6.45, 7) is 4.06. The van der Waals surface area contributed by atoms with Crippen LogP contribution in [-0.2, 0) is 0 Å². The van der Waals surface area contributed by atoms with E-state index in [1.807, 2.05) is 19.9 Å². The highest BCUT2D eigenvalue weighted by molar-refractivity contribution is 5.66. The van der Waals surface area contributed by atoms with Gasteiger partial charge in [0.05, 0.1) is 6.20 Å². The highest BCUT2D eigenvalue weighted by atomic mass is 16.1. The zero-order valence-electron chi connectivity index (χ0n) is 8.74. The summed E-state index contributed by atoms with van der Waals surface area (Å²) in [5, 5.41) is 6.16. The second kappa shape index (κ2) is 3.69. The molecule has 0 atom stereocenters. The van der Waals surface area contributed by atoms with Gasteiger partial charge in [0.2, 0.25) is 0 Å². The van der Waals surface area contributed by atoms with Gasteiger partial charge < -0.3 is 0 Å². The second-order valence-corrected chi connectivity index (χ2v) is 3.65. The molecule has 0 spiro atoms. The molecule has 3 heteroatoms. The number of benzene rings is 1. The summed E-state index contributed by atoms with van der Waals surface area (Å²) in [6.07, 6.45) is 1.67. The smallest absolute Gasteiger partial charge is 0.264 e. The molecule has 0 unspecified atom stereocenters. The first kappa shape index (κ1) is 9.65. The van der Waals surface area contributed by atoms with Gasteiger partial charge in [0.25, 0.3) is 5.56 Å². The van der Waals surface area contributed by atoms with Crippen molar-refractivity contribution in [3.8, 4) is 11.1 Å². The van der Waals surface area contributed by atoms with Crippen LogP contribution in [0, 0.1) is 13.8 Å². The molecule has 0 bridgehead atoms. The third-order valence-electron chi connectivity index (χ3n) is 2.37. The van der Waals surface area contributed by atoms with E-state index < -0.39 is 0 Å². The average molecular weight is 200 g/mol. The third kappa shape index (κ3) is 1.96. The summed E-state index contributed by atoms with van der Waals surface area (Å²) in [5.74, 6) is 0. The van der Waals surface area contributed by atoms with Gasteiger partial charge in [0, 0.05) is 11.6 Å². The van der Waals surface area contributed by atoms with Gasteiger partial charge in [-0.25, -0.2) is 5.10 Å². The van der Waals surface area contributed by atoms with Crippen molar-refractivity contribution >= 4 is 0 Å². The summed E-state index contributed by atoms with van der Waals surface area (Å²) < 4.78 is 0. The van der Waals surface area contributed by atoms with Crippen LogP contribution in [0.2, 0.25) is 0 Å². The standard InChI is InChI=1S/C12H12N2O/c1-8-3-4-9(2)11(5-8)10-6-12(15)14-13-7-10/h3-7H,1-2H3,(H,14,15). The van der Waals surface area contributed by atoms with Crippen LogP contribution in [0.5, 0.6) is 0 Å². The van der Waals surface area contributed by atoms with E-state index in [4.69, 9.17) is 0 Å². The molecule has 0 saturated carbocycles. The average Bonchev–Trinajstić information content (AvgIpc) is 2.22. The lowest BCUT2D eigenvalue weighted by Crippen LogP contribution is -2.05. The molecule has 15 heavy (non-hydrogen) atoms. The molecule has 0 radical (unpaired) electrons. The summed E-state index contributed by atoms with van der Waals surface area (Å²) >= 11 is 0.